The maximum absolute atomic E-state index is 12.2. The van der Waals surface area contributed by atoms with Gasteiger partial charge in [-0.05, 0) is 18.4 Å². The first kappa shape index (κ1) is 15.5. The van der Waals surface area contributed by atoms with E-state index in [-0.39, 0.29) is 12.0 Å². The zero-order valence-electron chi connectivity index (χ0n) is 13.1. The molecule has 0 radical (unpaired) electrons. The fourth-order valence-electron chi connectivity index (χ4n) is 2.46. The van der Waals surface area contributed by atoms with Crippen molar-refractivity contribution in [3.05, 3.63) is 35.9 Å². The van der Waals surface area contributed by atoms with E-state index in [1.165, 1.54) is 0 Å². The summed E-state index contributed by atoms with van der Waals surface area (Å²) in [7, 11) is 0. The van der Waals surface area contributed by atoms with Crippen molar-refractivity contribution in [1.82, 2.24) is 4.90 Å². The van der Waals surface area contributed by atoms with Crippen LogP contribution in [0.3, 0.4) is 0 Å². The molecule has 21 heavy (non-hydrogen) atoms. The van der Waals surface area contributed by atoms with Gasteiger partial charge in [0, 0.05) is 19.4 Å². The van der Waals surface area contributed by atoms with Gasteiger partial charge in [-0.2, -0.15) is 0 Å². The zero-order chi connectivity index (χ0) is 15.2. The van der Waals surface area contributed by atoms with E-state index in [0.29, 0.717) is 25.4 Å². The van der Waals surface area contributed by atoms with Gasteiger partial charge in [-0.25, -0.2) is 0 Å². The average Bonchev–Trinajstić information content (AvgIpc) is 2.93. The lowest BCUT2D eigenvalue weighted by molar-refractivity contribution is -0.133. The summed E-state index contributed by atoms with van der Waals surface area (Å²) in [5, 5.41) is 4.17. The van der Waals surface area contributed by atoms with E-state index in [9.17, 15) is 4.79 Å². The molecule has 0 aromatic heterocycles. The predicted molar refractivity (Wildman–Crippen MR) is 84.2 cm³/mol. The van der Waals surface area contributed by atoms with Gasteiger partial charge < -0.3 is 9.74 Å². The highest BCUT2D eigenvalue weighted by molar-refractivity contribution is 6.01. The Kier molecular flexibility index (Phi) is 5.37. The Morgan fingerprint density at radius 1 is 1.38 bits per heavy atom. The third-order valence-corrected chi connectivity index (χ3v) is 3.58. The van der Waals surface area contributed by atoms with Crippen molar-refractivity contribution in [2.45, 2.75) is 39.7 Å². The number of oxime groups is 1. The van der Waals surface area contributed by atoms with Crippen LogP contribution in [-0.2, 0) is 9.63 Å². The minimum atomic E-state index is -0.0312. The van der Waals surface area contributed by atoms with Crippen LogP contribution in [0, 0.1) is 5.92 Å². The molecule has 1 unspecified atom stereocenters. The van der Waals surface area contributed by atoms with Gasteiger partial charge in [0.05, 0.1) is 12.3 Å². The monoisotopic (exact) mass is 288 g/mol. The molecule has 0 spiro atoms. The molecular weight excluding hydrogens is 264 g/mol. The molecule has 4 nitrogen and oxygen atoms in total. The first-order chi connectivity index (χ1) is 10.1. The first-order valence-corrected chi connectivity index (χ1v) is 7.66. The van der Waals surface area contributed by atoms with Gasteiger partial charge in [0.2, 0.25) is 5.91 Å². The average molecular weight is 288 g/mol. The lowest BCUT2D eigenvalue weighted by atomic mass is 10.0. The standard InChI is InChI=1S/C17H24N2O2/c1-4-19(17(20)10-13(2)3)12-15-11-16(18-21-15)14-8-6-5-7-9-14/h5-9,13,15H,4,10-12H2,1-3H3. The maximum Gasteiger partial charge on any atom is 0.222 e. The molecule has 1 aliphatic rings. The van der Waals surface area contributed by atoms with Crippen LogP contribution in [0.15, 0.2) is 35.5 Å². The van der Waals surface area contributed by atoms with Gasteiger partial charge in [-0.15, -0.1) is 0 Å². The third-order valence-electron chi connectivity index (χ3n) is 3.58. The Hall–Kier alpha value is -1.84. The normalized spacial score (nSPS) is 17.5. The number of carbonyl (C=O) groups is 1. The van der Waals surface area contributed by atoms with Crippen LogP contribution in [0.25, 0.3) is 0 Å². The second-order valence-electron chi connectivity index (χ2n) is 5.87. The van der Waals surface area contributed by atoms with E-state index >= 15 is 0 Å². The van der Waals surface area contributed by atoms with E-state index in [0.717, 1.165) is 17.7 Å². The lowest BCUT2D eigenvalue weighted by Crippen LogP contribution is -2.38. The first-order valence-electron chi connectivity index (χ1n) is 7.66. The highest BCUT2D eigenvalue weighted by atomic mass is 16.6. The molecule has 0 bridgehead atoms. The van der Waals surface area contributed by atoms with E-state index in [1.54, 1.807) is 0 Å². The quantitative estimate of drug-likeness (QED) is 0.807. The minimum Gasteiger partial charge on any atom is -0.390 e. The van der Waals surface area contributed by atoms with Crippen molar-refractivity contribution >= 4 is 11.6 Å². The Morgan fingerprint density at radius 3 is 2.71 bits per heavy atom. The molecule has 0 N–H and O–H groups in total. The van der Waals surface area contributed by atoms with Gasteiger partial charge in [0.15, 0.2) is 6.10 Å². The number of likely N-dealkylation sites (N-methyl/N-ethyl adjacent to an activating group) is 1. The molecule has 1 aromatic carbocycles. The number of benzene rings is 1. The van der Waals surface area contributed by atoms with Crippen molar-refractivity contribution in [2.24, 2.45) is 11.1 Å². The lowest BCUT2D eigenvalue weighted by Gasteiger charge is -2.24. The molecule has 0 saturated heterocycles. The van der Waals surface area contributed by atoms with Gasteiger partial charge >= 0.3 is 0 Å². The third kappa shape index (κ3) is 4.31. The molecule has 1 amide bonds. The summed E-state index contributed by atoms with van der Waals surface area (Å²) in [4.78, 5) is 19.5. The molecule has 4 heteroatoms. The van der Waals surface area contributed by atoms with E-state index in [2.05, 4.69) is 19.0 Å². The van der Waals surface area contributed by atoms with Crippen LogP contribution in [0.2, 0.25) is 0 Å². The van der Waals surface area contributed by atoms with Crippen molar-refractivity contribution in [1.29, 1.82) is 0 Å². The summed E-state index contributed by atoms with van der Waals surface area (Å²) >= 11 is 0. The van der Waals surface area contributed by atoms with Crippen molar-refractivity contribution in [3.8, 4) is 0 Å². The molecule has 1 aromatic rings. The fourth-order valence-corrected chi connectivity index (χ4v) is 2.46. The Bertz CT molecular complexity index is 497. The number of hydrogen-bond acceptors (Lipinski definition) is 3. The molecule has 1 heterocycles. The highest BCUT2D eigenvalue weighted by Crippen LogP contribution is 2.18. The fraction of sp³-hybridized carbons (Fsp3) is 0.529. The second kappa shape index (κ2) is 7.25. The Labute approximate surface area is 126 Å². The summed E-state index contributed by atoms with van der Waals surface area (Å²) in [5.41, 5.74) is 2.06. The summed E-state index contributed by atoms with van der Waals surface area (Å²) in [6.07, 6.45) is 1.32. The predicted octanol–water partition coefficient (Wildman–Crippen LogP) is 3.07. The van der Waals surface area contributed by atoms with E-state index < -0.39 is 0 Å². The number of nitrogens with zero attached hydrogens (tertiary/aromatic N) is 2. The van der Waals surface area contributed by atoms with Crippen molar-refractivity contribution in [2.75, 3.05) is 13.1 Å². The molecule has 1 atom stereocenters. The Balaban J connectivity index is 1.89. The summed E-state index contributed by atoms with van der Waals surface area (Å²) in [6.45, 7) is 7.46. The zero-order valence-corrected chi connectivity index (χ0v) is 13.1. The van der Waals surface area contributed by atoms with E-state index in [1.807, 2.05) is 42.2 Å². The van der Waals surface area contributed by atoms with Crippen molar-refractivity contribution < 1.29 is 9.63 Å². The van der Waals surface area contributed by atoms with Gasteiger partial charge in [0.25, 0.3) is 0 Å². The molecule has 114 valence electrons. The van der Waals surface area contributed by atoms with Gasteiger partial charge in [-0.1, -0.05) is 49.3 Å². The van der Waals surface area contributed by atoms with Crippen LogP contribution in [0.4, 0.5) is 0 Å². The molecule has 0 aliphatic carbocycles. The van der Waals surface area contributed by atoms with Crippen LogP contribution in [0.5, 0.6) is 0 Å². The van der Waals surface area contributed by atoms with Gasteiger partial charge in [0.1, 0.15) is 0 Å². The number of carbonyl (C=O) groups excluding carboxylic acids is 1. The van der Waals surface area contributed by atoms with Crippen LogP contribution in [-0.4, -0.2) is 35.7 Å². The SMILES string of the molecule is CCN(CC1CC(c2ccccc2)=NO1)C(=O)CC(C)C. The summed E-state index contributed by atoms with van der Waals surface area (Å²) in [5.74, 6) is 0.580. The largest absolute Gasteiger partial charge is 0.390 e. The summed E-state index contributed by atoms with van der Waals surface area (Å²) in [6, 6.07) is 10.0. The maximum atomic E-state index is 12.2. The van der Waals surface area contributed by atoms with Crippen LogP contribution in [0.1, 0.15) is 39.2 Å². The Morgan fingerprint density at radius 2 is 2.10 bits per heavy atom. The number of amides is 1. The van der Waals surface area contributed by atoms with E-state index in [4.69, 9.17) is 4.84 Å². The minimum absolute atomic E-state index is 0.0312. The van der Waals surface area contributed by atoms with Gasteiger partial charge in [-0.3, -0.25) is 4.79 Å². The molecule has 0 saturated carbocycles. The second-order valence-corrected chi connectivity index (χ2v) is 5.87. The topological polar surface area (TPSA) is 41.9 Å². The molecule has 1 aliphatic heterocycles. The van der Waals surface area contributed by atoms with Crippen molar-refractivity contribution in [3.63, 3.8) is 0 Å². The number of rotatable bonds is 6. The molecule has 2 rings (SSSR count). The smallest absolute Gasteiger partial charge is 0.222 e. The number of hydrogen-bond donors (Lipinski definition) is 0. The van der Waals surface area contributed by atoms with Crippen LogP contribution < -0.4 is 0 Å². The molecular formula is C17H24N2O2. The van der Waals surface area contributed by atoms with Crippen LogP contribution >= 0.6 is 0 Å². The molecule has 0 fully saturated rings. The summed E-state index contributed by atoms with van der Waals surface area (Å²) < 4.78 is 0. The highest BCUT2D eigenvalue weighted by Gasteiger charge is 2.26.